The standard InChI is InChI=1S/C2H3Br.4CO.Fe/c1-2-3;4*1-2;/h2H,1H2;;;;;. The molecule has 0 N–H and O–H groups in total. The van der Waals surface area contributed by atoms with Crippen LogP contribution in [0, 0.1) is 0 Å². The van der Waals surface area contributed by atoms with Crippen molar-refractivity contribution in [3.8, 4) is 0 Å². The molecule has 1 unspecified atom stereocenters. The Morgan fingerprint density at radius 2 is 1.00 bits per heavy atom. The molecule has 1 rings (SSSR count). The molecule has 0 aliphatic carbocycles. The van der Waals surface area contributed by atoms with Gasteiger partial charge in [0.1, 0.15) is 0 Å². The number of hydrogen-bond acceptors (Lipinski definition) is 4. The van der Waals surface area contributed by atoms with Gasteiger partial charge in [-0.15, -0.1) is 0 Å². The molecule has 0 bridgehead atoms. The predicted octanol–water partition coefficient (Wildman–Crippen LogP) is -0.367. The van der Waals surface area contributed by atoms with Crippen LogP contribution in [0.1, 0.15) is 0 Å². The topological polar surface area (TPSA) is 68.3 Å². The first-order valence-corrected chi connectivity index (χ1v) is 4.23. The molecule has 1 heterocycles. The summed E-state index contributed by atoms with van der Waals surface area (Å²) in [5.74, 6) is 0. The molecule has 0 aromatic rings. The zero-order valence-electron chi connectivity index (χ0n) is 5.65. The predicted molar refractivity (Wildman–Crippen MR) is 40.3 cm³/mol. The summed E-state index contributed by atoms with van der Waals surface area (Å²) in [5.41, 5.74) is 0. The second-order valence-corrected chi connectivity index (χ2v) is 4.24. The first-order chi connectivity index (χ1) is 5.89. The van der Waals surface area contributed by atoms with Crippen LogP contribution in [0.2, 0.25) is 5.32 Å². The first-order valence-electron chi connectivity index (χ1n) is 1.90. The van der Waals surface area contributed by atoms with E-state index in [9.17, 15) is 0 Å². The van der Waals surface area contributed by atoms with E-state index in [1.165, 1.54) is 20.3 Å². The van der Waals surface area contributed by atoms with E-state index in [1.807, 2.05) is 0 Å². The maximum absolute atomic E-state index is 7.50. The van der Waals surface area contributed by atoms with Gasteiger partial charge in [-0.05, 0) is 0 Å². The average molecular weight is 275 g/mol. The van der Waals surface area contributed by atoms with E-state index < -0.39 is 0 Å². The number of rotatable bonds is 0. The van der Waals surface area contributed by atoms with Gasteiger partial charge in [-0.3, -0.25) is 19.2 Å². The summed E-state index contributed by atoms with van der Waals surface area (Å²) < 4.78 is 0.896. The zero-order chi connectivity index (χ0) is 11.0. The fourth-order valence-electron chi connectivity index (χ4n) is 0.0315. The second-order valence-electron chi connectivity index (χ2n) is 0.664. The molecule has 1 atom stereocenters. The molecule has 8 radical (unpaired) electrons. The van der Waals surface area contributed by atoms with Crippen molar-refractivity contribution in [1.82, 2.24) is 0 Å². The summed E-state index contributed by atoms with van der Waals surface area (Å²) in [7, 11) is 0. The third-order valence-electron chi connectivity index (χ3n) is 0.253. The quantitative estimate of drug-likeness (QED) is 0.447. The molecule has 0 saturated carbocycles. The zero-order valence-corrected chi connectivity index (χ0v) is 8.34. The van der Waals surface area contributed by atoms with Gasteiger partial charge in [-0.1, -0.05) is 0 Å². The van der Waals surface area contributed by atoms with Crippen molar-refractivity contribution in [2.24, 2.45) is 0 Å². The Morgan fingerprint density at radius 1 is 0.917 bits per heavy atom. The van der Waals surface area contributed by atoms with Gasteiger partial charge in [-0.2, -0.15) is 0 Å². The molecule has 1 saturated heterocycles. The van der Waals surface area contributed by atoms with Gasteiger partial charge >= 0.3 is 39.9 Å². The minimum absolute atomic E-state index is 0.896. The Balaban J connectivity index is -0.0000000360. The average Bonchev–Trinajstić information content (AvgIpc) is 3.01. The van der Waals surface area contributed by atoms with Crippen molar-refractivity contribution in [1.29, 1.82) is 0 Å². The van der Waals surface area contributed by atoms with Gasteiger partial charge in [0.05, 0.1) is 0 Å². The Kier molecular flexibility index (Phi) is 86.0. The Bertz CT molecular complexity index is 64.6. The van der Waals surface area contributed by atoms with Crippen LogP contribution in [0.3, 0.4) is 0 Å². The van der Waals surface area contributed by atoms with Crippen molar-refractivity contribution in [3.05, 3.63) is 0 Å². The summed E-state index contributed by atoms with van der Waals surface area (Å²) in [6.45, 7) is 18.0. The Labute approximate surface area is 86.4 Å². The van der Waals surface area contributed by atoms with Gasteiger partial charge < -0.3 is 0 Å². The molecular formula is C6H3BrFeO4. The molecule has 0 aromatic heterocycles. The fourth-order valence-corrected chi connectivity index (χ4v) is 0.675. The van der Waals surface area contributed by atoms with Crippen molar-refractivity contribution in [2.75, 3.05) is 0 Å². The molecule has 0 amide bonds. The molecule has 4 nitrogen and oxygen atoms in total. The summed E-state index contributed by atoms with van der Waals surface area (Å²) in [5, 5.41) is 1.40. The molecule has 1 aliphatic rings. The maximum Gasteiger partial charge on any atom is 0.281 e. The maximum atomic E-state index is 7.50. The van der Waals surface area contributed by atoms with E-state index in [2.05, 4.69) is 43.1 Å². The minimum Gasteiger partial charge on any atom is -0.281 e. The Hall–Kier alpha value is -0.321. The van der Waals surface area contributed by atoms with Crippen molar-refractivity contribution in [3.63, 3.8) is 0 Å². The van der Waals surface area contributed by atoms with E-state index in [1.54, 1.807) is 0 Å². The minimum atomic E-state index is 0.896. The molecule has 6 heteroatoms. The number of hydrogen-bond donors (Lipinski definition) is 0. The number of alkyl halides is 1. The molecular weight excluding hydrogens is 272 g/mol. The smallest absolute Gasteiger partial charge is 0.281 e. The summed E-state index contributed by atoms with van der Waals surface area (Å²) >= 11 is 4.78. The van der Waals surface area contributed by atoms with Crippen LogP contribution < -0.4 is 0 Å². The number of carbonyl (C=O) groups excluding carboxylic acids is 4. The van der Waals surface area contributed by atoms with Gasteiger partial charge in [0, 0.05) is 0 Å². The van der Waals surface area contributed by atoms with Crippen LogP contribution in [0.5, 0.6) is 0 Å². The van der Waals surface area contributed by atoms with Gasteiger partial charge in [-0.25, -0.2) is 0 Å². The number of halogens is 1. The monoisotopic (exact) mass is 274 g/mol. The Morgan fingerprint density at radius 3 is 1.00 bits per heavy atom. The van der Waals surface area contributed by atoms with E-state index >= 15 is 0 Å². The van der Waals surface area contributed by atoms with Gasteiger partial charge in [0.25, 0.3) is 27.2 Å². The third-order valence-corrected chi connectivity index (χ3v) is 2.93. The van der Waals surface area contributed by atoms with Crippen LogP contribution in [0.4, 0.5) is 0 Å². The van der Waals surface area contributed by atoms with E-state index in [0.29, 0.717) is 0 Å². The molecule has 0 spiro atoms. The van der Waals surface area contributed by atoms with Crippen molar-refractivity contribution >= 4 is 43.1 Å². The molecule has 66 valence electrons. The largest absolute Gasteiger partial charge is 0.281 e. The van der Waals surface area contributed by atoms with E-state index in [4.69, 9.17) is 19.2 Å². The third kappa shape index (κ3) is 102. The van der Waals surface area contributed by atoms with Crippen LogP contribution in [0.25, 0.3) is 0 Å². The molecule has 12 heavy (non-hydrogen) atoms. The summed E-state index contributed by atoms with van der Waals surface area (Å²) in [6.07, 6.45) is 0. The molecule has 1 fully saturated rings. The van der Waals surface area contributed by atoms with Crippen molar-refractivity contribution < 1.29 is 34.1 Å². The van der Waals surface area contributed by atoms with Gasteiger partial charge in [0.2, 0.25) is 0 Å². The fraction of sp³-hybridized carbons (Fsp3) is 0.333. The van der Waals surface area contributed by atoms with Crippen LogP contribution in [0.15, 0.2) is 0 Å². The molecule has 0 aromatic carbocycles. The van der Waals surface area contributed by atoms with Crippen LogP contribution >= 0.6 is 15.9 Å². The SMILES string of the molecule is Br[CH]1[CH2][Fe]1.[C]=O.[C]=O.[C]=O.[C]=O. The first kappa shape index (κ1) is 22.6. The van der Waals surface area contributed by atoms with Crippen LogP contribution in [-0.2, 0) is 34.1 Å². The summed E-state index contributed by atoms with van der Waals surface area (Å²) in [4.78, 5) is 30.0. The van der Waals surface area contributed by atoms with Crippen molar-refractivity contribution in [2.45, 2.75) is 9.04 Å². The van der Waals surface area contributed by atoms with E-state index in [-0.39, 0.29) is 0 Å². The molecule has 1 aliphatic heterocycles. The summed E-state index contributed by atoms with van der Waals surface area (Å²) in [6, 6.07) is 0. The van der Waals surface area contributed by atoms with E-state index in [0.717, 1.165) is 3.73 Å². The van der Waals surface area contributed by atoms with Gasteiger partial charge in [0.15, 0.2) is 0 Å². The van der Waals surface area contributed by atoms with Crippen LogP contribution in [-0.4, -0.2) is 30.9 Å². The second kappa shape index (κ2) is 45.7. The normalized spacial score (nSPS) is 15.2.